The van der Waals surface area contributed by atoms with E-state index in [1.807, 2.05) is 0 Å². The van der Waals surface area contributed by atoms with Crippen LogP contribution in [-0.2, 0) is 15.6 Å². The number of phosphoric ester groups is 2. The average molecular weight is 471 g/mol. The molecule has 0 aliphatic heterocycles. The largest absolute Gasteiger partial charge is 0.526 e. The Kier molecular flexibility index (Phi) is 6.96. The van der Waals surface area contributed by atoms with Crippen LogP contribution < -0.4 is 9.05 Å². The van der Waals surface area contributed by atoms with Crippen molar-refractivity contribution in [2.75, 3.05) is 0 Å². The Balaban J connectivity index is 2.06. The Morgan fingerprint density at radius 1 is 1.00 bits per heavy atom. The second-order valence-electron chi connectivity index (χ2n) is 8.63. The molecule has 0 amide bonds. The zero-order valence-electron chi connectivity index (χ0n) is 17.3. The number of hydrogen-bond acceptors (Lipinski definition) is 5. The summed E-state index contributed by atoms with van der Waals surface area (Å²) in [6.07, 6.45) is 4.46. The third kappa shape index (κ3) is 7.14. The number of phosphoric acid groups is 2. The summed E-state index contributed by atoms with van der Waals surface area (Å²) < 4.78 is 32.9. The highest BCUT2D eigenvalue weighted by Gasteiger charge is 2.30. The van der Waals surface area contributed by atoms with Gasteiger partial charge in [0.1, 0.15) is 5.75 Å². The third-order valence-electron chi connectivity index (χ3n) is 5.44. The van der Waals surface area contributed by atoms with Gasteiger partial charge in [0.15, 0.2) is 0 Å². The molecule has 170 valence electrons. The number of aromatic nitrogens is 1. The van der Waals surface area contributed by atoms with Crippen LogP contribution in [0.5, 0.6) is 11.6 Å². The van der Waals surface area contributed by atoms with Crippen LogP contribution >= 0.6 is 15.6 Å². The van der Waals surface area contributed by atoms with E-state index < -0.39 is 21.5 Å². The monoisotopic (exact) mass is 471 g/mol. The lowest BCUT2D eigenvalue weighted by molar-refractivity contribution is 0.190. The lowest BCUT2D eigenvalue weighted by atomic mass is 9.72. The van der Waals surface area contributed by atoms with Gasteiger partial charge >= 0.3 is 15.6 Å². The second kappa shape index (κ2) is 9.02. The fourth-order valence-corrected chi connectivity index (χ4v) is 4.62. The average Bonchev–Trinajstić information content (AvgIpc) is 2.61. The Labute approximate surface area is 180 Å². The number of pyridine rings is 1. The van der Waals surface area contributed by atoms with Crippen LogP contribution in [0.25, 0.3) is 11.1 Å². The molecule has 1 aromatic carbocycles. The highest BCUT2D eigenvalue weighted by Crippen LogP contribution is 2.49. The van der Waals surface area contributed by atoms with Crippen molar-refractivity contribution in [2.45, 2.75) is 46.0 Å². The van der Waals surface area contributed by atoms with E-state index in [4.69, 9.17) is 9.05 Å². The molecule has 3 rings (SSSR count). The minimum Gasteiger partial charge on any atom is -0.403 e. The van der Waals surface area contributed by atoms with Gasteiger partial charge in [-0.25, -0.2) is 14.1 Å². The Morgan fingerprint density at radius 2 is 1.58 bits per heavy atom. The Morgan fingerprint density at radius 3 is 2.13 bits per heavy atom. The van der Waals surface area contributed by atoms with Crippen molar-refractivity contribution < 1.29 is 37.8 Å². The van der Waals surface area contributed by atoms with Gasteiger partial charge in [-0.15, -0.1) is 0 Å². The van der Waals surface area contributed by atoms with E-state index >= 15 is 0 Å². The first-order valence-corrected chi connectivity index (χ1v) is 13.0. The summed E-state index contributed by atoms with van der Waals surface area (Å²) in [6.45, 7) is 4.43. The first-order valence-electron chi connectivity index (χ1n) is 9.91. The zero-order valence-corrected chi connectivity index (χ0v) is 19.1. The molecule has 1 heterocycles. The molecule has 1 saturated carbocycles. The molecule has 0 spiro atoms. The van der Waals surface area contributed by atoms with Gasteiger partial charge in [-0.05, 0) is 49.0 Å². The van der Waals surface area contributed by atoms with Crippen LogP contribution in [0.1, 0.15) is 45.2 Å². The van der Waals surface area contributed by atoms with Gasteiger partial charge < -0.3 is 9.05 Å². The van der Waals surface area contributed by atoms with Gasteiger partial charge in [-0.2, -0.15) is 0 Å². The van der Waals surface area contributed by atoms with Crippen LogP contribution in [0.3, 0.4) is 0 Å². The van der Waals surface area contributed by atoms with Crippen molar-refractivity contribution in [3.05, 3.63) is 42.1 Å². The standard InChI is InChI=1S/C20H27NO8P2/c1-20(2)10-8-14(9-11-20)12-16-13-17(28-30(22,23)24)18(15-6-4-3-5-7-15)19(21-16)29-31(25,26)27/h3-7,13-14H,8-12H2,1-2H3,(H2,22,23,24)(H2,25,26,27). The molecule has 4 N–H and O–H groups in total. The van der Waals surface area contributed by atoms with E-state index in [1.54, 1.807) is 30.3 Å². The van der Waals surface area contributed by atoms with Gasteiger partial charge in [0.05, 0.1) is 5.56 Å². The molecule has 0 bridgehead atoms. The van der Waals surface area contributed by atoms with Gasteiger partial charge in [0, 0.05) is 11.8 Å². The van der Waals surface area contributed by atoms with E-state index in [1.165, 1.54) is 6.07 Å². The van der Waals surface area contributed by atoms with E-state index in [2.05, 4.69) is 18.8 Å². The van der Waals surface area contributed by atoms with Crippen molar-refractivity contribution in [3.8, 4) is 22.8 Å². The molecule has 9 nitrogen and oxygen atoms in total. The maximum atomic E-state index is 11.6. The summed E-state index contributed by atoms with van der Waals surface area (Å²) in [5.41, 5.74) is 0.995. The fraction of sp³-hybridized carbons (Fsp3) is 0.450. The van der Waals surface area contributed by atoms with Gasteiger partial charge in [-0.3, -0.25) is 19.6 Å². The first kappa shape index (κ1) is 23.9. The second-order valence-corrected chi connectivity index (χ2v) is 11.0. The highest BCUT2D eigenvalue weighted by molar-refractivity contribution is 7.47. The zero-order chi connectivity index (χ0) is 22.9. The number of hydrogen-bond donors (Lipinski definition) is 4. The van der Waals surface area contributed by atoms with Crippen molar-refractivity contribution >= 4 is 15.6 Å². The summed E-state index contributed by atoms with van der Waals surface area (Å²) >= 11 is 0. The van der Waals surface area contributed by atoms with Crippen LogP contribution in [0.4, 0.5) is 0 Å². The summed E-state index contributed by atoms with van der Waals surface area (Å²) in [6, 6.07) is 9.65. The van der Waals surface area contributed by atoms with Crippen LogP contribution in [0.15, 0.2) is 36.4 Å². The summed E-state index contributed by atoms with van der Waals surface area (Å²) in [7, 11) is -9.96. The van der Waals surface area contributed by atoms with Gasteiger partial charge in [-0.1, -0.05) is 44.2 Å². The predicted octanol–water partition coefficient (Wildman–Crippen LogP) is 4.45. The number of rotatable bonds is 7. The summed E-state index contributed by atoms with van der Waals surface area (Å²) in [4.78, 5) is 41.9. The van der Waals surface area contributed by atoms with Crippen molar-refractivity contribution in [2.24, 2.45) is 11.3 Å². The summed E-state index contributed by atoms with van der Waals surface area (Å²) in [5.74, 6) is -0.394. The minimum atomic E-state index is -5.00. The molecular formula is C20H27NO8P2. The smallest absolute Gasteiger partial charge is 0.403 e. The molecule has 1 aliphatic carbocycles. The lowest BCUT2D eigenvalue weighted by Crippen LogP contribution is -2.22. The molecule has 0 radical (unpaired) electrons. The molecule has 1 fully saturated rings. The quantitative estimate of drug-likeness (QED) is 0.430. The van der Waals surface area contributed by atoms with Crippen molar-refractivity contribution in [1.29, 1.82) is 0 Å². The molecular weight excluding hydrogens is 444 g/mol. The van der Waals surface area contributed by atoms with E-state index in [0.29, 0.717) is 17.7 Å². The molecule has 31 heavy (non-hydrogen) atoms. The molecule has 1 aromatic heterocycles. The van der Waals surface area contributed by atoms with Gasteiger partial charge in [0.2, 0.25) is 5.88 Å². The summed E-state index contributed by atoms with van der Waals surface area (Å²) in [5, 5.41) is 0. The van der Waals surface area contributed by atoms with E-state index in [-0.39, 0.29) is 22.6 Å². The fourth-order valence-electron chi connectivity index (χ4n) is 3.86. The predicted molar refractivity (Wildman–Crippen MR) is 114 cm³/mol. The maximum absolute atomic E-state index is 11.6. The topological polar surface area (TPSA) is 146 Å². The molecule has 0 atom stereocenters. The number of benzene rings is 1. The van der Waals surface area contributed by atoms with Crippen LogP contribution in [-0.4, -0.2) is 24.6 Å². The van der Waals surface area contributed by atoms with Crippen LogP contribution in [0.2, 0.25) is 0 Å². The van der Waals surface area contributed by atoms with E-state index in [9.17, 15) is 28.7 Å². The molecule has 0 unspecified atom stereocenters. The molecule has 11 heteroatoms. The lowest BCUT2D eigenvalue weighted by Gasteiger charge is -2.34. The van der Waals surface area contributed by atoms with Crippen LogP contribution in [0, 0.1) is 11.3 Å². The minimum absolute atomic E-state index is 0.0409. The van der Waals surface area contributed by atoms with Gasteiger partial charge in [0.25, 0.3) is 0 Å². The highest BCUT2D eigenvalue weighted by atomic mass is 31.2. The Hall–Kier alpha value is -1.73. The molecule has 0 saturated heterocycles. The number of nitrogens with zero attached hydrogens (tertiary/aromatic N) is 1. The van der Waals surface area contributed by atoms with E-state index in [0.717, 1.165) is 25.7 Å². The normalized spacial score (nSPS) is 17.4. The molecule has 1 aliphatic rings. The van der Waals surface area contributed by atoms with Crippen molar-refractivity contribution in [3.63, 3.8) is 0 Å². The molecule has 2 aromatic rings. The third-order valence-corrected chi connectivity index (χ3v) is 6.29. The Bertz CT molecular complexity index is 960. The van der Waals surface area contributed by atoms with Crippen molar-refractivity contribution in [1.82, 2.24) is 4.98 Å². The first-order chi connectivity index (χ1) is 14.3. The SMILES string of the molecule is CC1(C)CCC(Cc2cc(OP(=O)(O)O)c(-c3ccccc3)c(OP(=O)(O)O)n2)CC1. The maximum Gasteiger partial charge on any atom is 0.526 e.